The molecule has 0 aromatic heterocycles. The zero-order valence-electron chi connectivity index (χ0n) is 33.6. The van der Waals surface area contributed by atoms with Gasteiger partial charge in [-0.15, -0.1) is 0 Å². The van der Waals surface area contributed by atoms with E-state index in [0.29, 0.717) is 6.42 Å². The zero-order chi connectivity index (χ0) is 42.1. The van der Waals surface area contributed by atoms with Crippen molar-refractivity contribution in [2.24, 2.45) is 0 Å². The van der Waals surface area contributed by atoms with E-state index in [4.69, 9.17) is 82.9 Å². The summed E-state index contributed by atoms with van der Waals surface area (Å²) in [5.74, 6) is 0. The molecule has 5 aliphatic heterocycles. The third kappa shape index (κ3) is 17.4. The number of phosphoric acid groups is 1. The SMILES string of the molecule is C.[B][C@@H]1O[C@H](COC(C)C)C(OP(=O)([O-])NC[C@H]2O[C@@H]([B])CC2OC(C)C)[C@@H]1O.[B][C@@H]1O[C@H](COC(C)C)C2OP(=O)([O-])O[C@@H]21.[B][C@H]1CC(OC(C)C)[C@@H](C[NH3+])O1. The summed E-state index contributed by atoms with van der Waals surface area (Å²) in [5, 5.41) is 12.5. The van der Waals surface area contributed by atoms with Gasteiger partial charge in [0.05, 0.1) is 55.9 Å². The molecule has 0 saturated carbocycles. The summed E-state index contributed by atoms with van der Waals surface area (Å²) in [4.78, 5) is 23.5. The number of aliphatic hydroxyl groups excluding tert-OH is 1. The second-order valence-electron chi connectivity index (χ2n) is 15.2. The van der Waals surface area contributed by atoms with Gasteiger partial charge in [0.2, 0.25) is 7.75 Å². The predicted molar refractivity (Wildman–Crippen MR) is 207 cm³/mol. The Morgan fingerprint density at radius 2 is 1.25 bits per heavy atom. The molecule has 16 atom stereocenters. The normalized spacial score (nSPS) is 39.8. The molecule has 5 saturated heterocycles. The van der Waals surface area contributed by atoms with Crippen LogP contribution in [0.2, 0.25) is 0 Å². The van der Waals surface area contributed by atoms with Crippen molar-refractivity contribution in [1.82, 2.24) is 5.09 Å². The maximum Gasteiger partial charge on any atom is 0.268 e. The van der Waals surface area contributed by atoms with E-state index in [1.165, 1.54) is 0 Å². The minimum atomic E-state index is -4.55. The first kappa shape index (κ1) is 53.2. The van der Waals surface area contributed by atoms with Crippen LogP contribution in [0, 0.1) is 0 Å². The molecule has 0 spiro atoms. The number of phosphoric ester groups is 1. The quantitative estimate of drug-likeness (QED) is 0.121. The Morgan fingerprint density at radius 1 is 0.772 bits per heavy atom. The van der Waals surface area contributed by atoms with Gasteiger partial charge in [-0.05, 0) is 68.2 Å². The van der Waals surface area contributed by atoms with Crippen molar-refractivity contribution in [2.75, 3.05) is 26.3 Å². The van der Waals surface area contributed by atoms with Crippen LogP contribution in [0.3, 0.4) is 0 Å². The monoisotopic (exact) mass is 849 g/mol. The maximum atomic E-state index is 12.4. The highest BCUT2D eigenvalue weighted by Crippen LogP contribution is 2.53. The topological polar surface area (TPSA) is 242 Å². The lowest BCUT2D eigenvalue weighted by molar-refractivity contribution is -0.388. The van der Waals surface area contributed by atoms with Gasteiger partial charge in [0.15, 0.2) is 0 Å². The molecule has 57 heavy (non-hydrogen) atoms. The van der Waals surface area contributed by atoms with Crippen LogP contribution in [0.15, 0.2) is 0 Å². The van der Waals surface area contributed by atoms with Crippen LogP contribution >= 0.6 is 15.6 Å². The van der Waals surface area contributed by atoms with Crippen molar-refractivity contribution in [2.45, 2.75) is 185 Å². The zero-order valence-corrected chi connectivity index (χ0v) is 35.4. The first-order valence-corrected chi connectivity index (χ1v) is 22.1. The Bertz CT molecular complexity index is 1270. The highest BCUT2D eigenvalue weighted by molar-refractivity contribution is 7.49. The van der Waals surface area contributed by atoms with Gasteiger partial charge in [0.25, 0.3) is 7.82 Å². The first-order valence-electron chi connectivity index (χ1n) is 19.1. The average Bonchev–Trinajstić information content (AvgIpc) is 3.84. The van der Waals surface area contributed by atoms with E-state index in [1.54, 1.807) is 0 Å². The lowest BCUT2D eigenvalue weighted by Gasteiger charge is -2.32. The van der Waals surface area contributed by atoms with Gasteiger partial charge < -0.3 is 72.1 Å². The molecule has 324 valence electrons. The predicted octanol–water partition coefficient (Wildman–Crippen LogP) is -1.32. The molecule has 24 heteroatoms. The van der Waals surface area contributed by atoms with Crippen molar-refractivity contribution in [1.29, 1.82) is 0 Å². The number of hydrogen-bond acceptors (Lipinski definition) is 16. The Kier molecular flexibility index (Phi) is 22.5. The molecule has 0 aromatic carbocycles. The number of quaternary nitrogens is 1. The van der Waals surface area contributed by atoms with Crippen molar-refractivity contribution < 1.29 is 81.2 Å². The molecule has 18 nitrogen and oxygen atoms in total. The van der Waals surface area contributed by atoms with E-state index >= 15 is 0 Å². The fourth-order valence-electron chi connectivity index (χ4n) is 6.38. The van der Waals surface area contributed by atoms with E-state index in [-0.39, 0.29) is 75.9 Å². The lowest BCUT2D eigenvalue weighted by Crippen LogP contribution is -2.58. The molecule has 0 bridgehead atoms. The van der Waals surface area contributed by atoms with Gasteiger partial charge in [-0.2, -0.15) is 0 Å². The largest absolute Gasteiger partial charge is 0.766 e. The second-order valence-corrected chi connectivity index (χ2v) is 18.0. The minimum Gasteiger partial charge on any atom is -0.766 e. The number of ether oxygens (including phenoxy) is 8. The highest BCUT2D eigenvalue weighted by Gasteiger charge is 2.52. The van der Waals surface area contributed by atoms with Crippen LogP contribution in [-0.2, 0) is 60.6 Å². The Hall–Kier alpha value is 0.0797. The van der Waals surface area contributed by atoms with Crippen LogP contribution in [0.4, 0.5) is 0 Å². The first-order chi connectivity index (χ1) is 26.0. The van der Waals surface area contributed by atoms with Crippen LogP contribution in [0.5, 0.6) is 0 Å². The summed E-state index contributed by atoms with van der Waals surface area (Å²) in [7, 11) is 13.9. The summed E-state index contributed by atoms with van der Waals surface area (Å²) in [6, 6.07) is -2.55. The van der Waals surface area contributed by atoms with Crippen molar-refractivity contribution >= 4 is 47.0 Å². The average molecular weight is 849 g/mol. The van der Waals surface area contributed by atoms with E-state index in [1.807, 2.05) is 55.4 Å². The van der Waals surface area contributed by atoms with Crippen molar-refractivity contribution in [3.8, 4) is 0 Å². The minimum absolute atomic E-state index is 0. The Morgan fingerprint density at radius 3 is 1.75 bits per heavy atom. The van der Waals surface area contributed by atoms with Crippen LogP contribution in [0.1, 0.15) is 75.7 Å². The van der Waals surface area contributed by atoms with E-state index in [2.05, 4.69) is 10.8 Å². The second kappa shape index (κ2) is 24.1. The van der Waals surface area contributed by atoms with Gasteiger partial charge in [0, 0.05) is 30.6 Å². The molecule has 0 amide bonds. The lowest BCUT2D eigenvalue weighted by atomic mass is 9.93. The molecule has 5 rings (SSSR count). The van der Waals surface area contributed by atoms with E-state index in [9.17, 15) is 24.0 Å². The molecule has 5 aliphatic rings. The van der Waals surface area contributed by atoms with Crippen LogP contribution in [0.25, 0.3) is 0 Å². The van der Waals surface area contributed by atoms with Gasteiger partial charge >= 0.3 is 0 Å². The molecule has 5 N–H and O–H groups in total. The number of hydrogen-bond donors (Lipinski definition) is 3. The number of aliphatic hydroxyl groups is 1. The van der Waals surface area contributed by atoms with Crippen molar-refractivity contribution in [3.63, 3.8) is 0 Å². The fourth-order valence-corrected chi connectivity index (χ4v) is 8.58. The Balaban J connectivity index is 0.000000325. The summed E-state index contributed by atoms with van der Waals surface area (Å²) in [6.07, 6.45) is -4.55. The molecule has 6 unspecified atom stereocenters. The smallest absolute Gasteiger partial charge is 0.268 e. The molecule has 5 fully saturated rings. The van der Waals surface area contributed by atoms with Crippen molar-refractivity contribution in [3.05, 3.63) is 0 Å². The molecule has 5 heterocycles. The van der Waals surface area contributed by atoms with E-state index in [0.717, 1.165) is 13.0 Å². The molecular formula is C33H63B4N2O16P2-. The number of rotatable bonds is 16. The number of fused-ring (bicyclic) bond motifs is 1. The standard InChI is InChI=1S/C16H30B2NO8P.C8H16BNO2.C8H14BO6P.CH4/c1-8(2)23-7-12-15(14(20)16(18)26-12)27-28(21,22)19-6-11-10(24-9(3)4)5-13(17)25-11;1-5(2)11-6-3-8(9)12-7(6)4-10;1-4(2)12-3-5-6-7(8(9)13-5)15-16(10,11)14-6;/h8-16,20H,5-7H2,1-4H3,(H2,19,21,22);5-8H,3-4,10H2,1-2H3;4-8H,3H2,1-2H3,(H,10,11);1H4/p-1/t10?,11-,12-,13-,14+,15?,16-;6?,7-,8-;5-,6?,7+,8-;/m111./s1. The summed E-state index contributed by atoms with van der Waals surface area (Å²) >= 11 is 0. The highest BCUT2D eigenvalue weighted by atomic mass is 31.2. The van der Waals surface area contributed by atoms with Gasteiger partial charge in [-0.3, -0.25) is 14.2 Å². The van der Waals surface area contributed by atoms with Crippen LogP contribution < -0.4 is 20.6 Å². The molecular weight excluding hydrogens is 786 g/mol. The third-order valence-electron chi connectivity index (χ3n) is 8.79. The third-order valence-corrected chi connectivity index (χ3v) is 10.9. The molecule has 8 radical (unpaired) electrons. The maximum absolute atomic E-state index is 12.4. The molecule has 0 aromatic rings. The van der Waals surface area contributed by atoms with Gasteiger partial charge in [-0.1, -0.05) is 7.43 Å². The fraction of sp³-hybridized carbons (Fsp3) is 1.00. The summed E-state index contributed by atoms with van der Waals surface area (Å²) < 4.78 is 81.9. The molecule has 0 aliphatic carbocycles. The Labute approximate surface area is 344 Å². The van der Waals surface area contributed by atoms with E-state index < -0.39 is 76.3 Å². The van der Waals surface area contributed by atoms with Gasteiger partial charge in [-0.25, -0.2) is 0 Å². The summed E-state index contributed by atoms with van der Waals surface area (Å²) in [5.41, 5.74) is 3.80. The number of nitrogens with one attached hydrogen (secondary N) is 1. The summed E-state index contributed by atoms with van der Waals surface area (Å²) in [6.45, 7) is 16.1. The van der Waals surface area contributed by atoms with Gasteiger partial charge in [0.1, 0.15) is 80.7 Å². The van der Waals surface area contributed by atoms with Crippen LogP contribution in [-0.4, -0.2) is 172 Å².